The molecule has 2 aromatic rings. The fraction of sp³-hybridized carbons (Fsp3) is 0.182. The number of ether oxygens (including phenoxy) is 1. The number of aromatic carboxylic acids is 1. The average Bonchev–Trinajstić information content (AvgIpc) is 2.71. The predicted octanol–water partition coefficient (Wildman–Crippen LogP) is 1.21. The minimum Gasteiger partial charge on any atom is -0.478 e. The number of carboxylic acids is 1. The Balaban J connectivity index is 2.54. The highest BCUT2D eigenvalue weighted by Crippen LogP contribution is 2.10. The summed E-state index contributed by atoms with van der Waals surface area (Å²) in [6.07, 6.45) is 2.59. The fourth-order valence-corrected chi connectivity index (χ4v) is 1.47. The van der Waals surface area contributed by atoms with E-state index in [-0.39, 0.29) is 17.9 Å². The maximum atomic E-state index is 11.6. The molecule has 6 nitrogen and oxygen atoms in total. The van der Waals surface area contributed by atoms with E-state index in [9.17, 15) is 9.59 Å². The number of nitrogens with zero attached hydrogens (tertiary/aromatic N) is 2. The highest BCUT2D eigenvalue weighted by atomic mass is 16.5. The number of hydrogen-bond acceptors (Lipinski definition) is 4. The second kappa shape index (κ2) is 4.25. The summed E-state index contributed by atoms with van der Waals surface area (Å²) in [5.41, 5.74) is 0.773. The van der Waals surface area contributed by atoms with E-state index in [1.54, 1.807) is 19.1 Å². The van der Waals surface area contributed by atoms with Gasteiger partial charge in [0.1, 0.15) is 11.3 Å². The van der Waals surface area contributed by atoms with Gasteiger partial charge < -0.3 is 9.84 Å². The minimum atomic E-state index is -1.09. The zero-order valence-electron chi connectivity index (χ0n) is 9.08. The van der Waals surface area contributed by atoms with E-state index in [0.29, 0.717) is 5.65 Å². The fourth-order valence-electron chi connectivity index (χ4n) is 1.47. The summed E-state index contributed by atoms with van der Waals surface area (Å²) in [5.74, 6) is -1.60. The molecule has 1 N–H and O–H groups in total. The second-order valence-corrected chi connectivity index (χ2v) is 3.32. The molecule has 0 fully saturated rings. The van der Waals surface area contributed by atoms with E-state index in [2.05, 4.69) is 4.98 Å². The Morgan fingerprint density at radius 2 is 2.24 bits per heavy atom. The van der Waals surface area contributed by atoms with Crippen molar-refractivity contribution in [2.75, 3.05) is 6.61 Å². The van der Waals surface area contributed by atoms with Crippen LogP contribution in [0.1, 0.15) is 27.8 Å². The van der Waals surface area contributed by atoms with Crippen molar-refractivity contribution in [3.8, 4) is 0 Å². The molecule has 17 heavy (non-hydrogen) atoms. The van der Waals surface area contributed by atoms with Crippen LogP contribution in [0.2, 0.25) is 0 Å². The van der Waals surface area contributed by atoms with Crippen LogP contribution in [0.4, 0.5) is 0 Å². The van der Waals surface area contributed by atoms with Crippen molar-refractivity contribution in [3.05, 3.63) is 35.8 Å². The average molecular weight is 234 g/mol. The summed E-state index contributed by atoms with van der Waals surface area (Å²) >= 11 is 0. The lowest BCUT2D eigenvalue weighted by Gasteiger charge is -2.03. The zero-order valence-corrected chi connectivity index (χ0v) is 9.08. The molecule has 0 saturated heterocycles. The number of hydrogen-bond donors (Lipinski definition) is 1. The highest BCUT2D eigenvalue weighted by Gasteiger charge is 2.14. The summed E-state index contributed by atoms with van der Waals surface area (Å²) in [6, 6.07) is 3.17. The Morgan fingerprint density at radius 1 is 1.47 bits per heavy atom. The SMILES string of the molecule is CCOC(=O)c1ccc2ncc(C(=O)O)cn12. The second-order valence-electron chi connectivity index (χ2n) is 3.32. The van der Waals surface area contributed by atoms with Gasteiger partial charge in [0, 0.05) is 12.4 Å². The minimum absolute atomic E-state index is 0.0132. The first-order chi connectivity index (χ1) is 8.13. The maximum Gasteiger partial charge on any atom is 0.355 e. The van der Waals surface area contributed by atoms with Crippen LogP contribution in [0.25, 0.3) is 5.65 Å². The number of esters is 1. The van der Waals surface area contributed by atoms with Gasteiger partial charge in [-0.05, 0) is 19.1 Å². The molecule has 0 saturated carbocycles. The third-order valence-corrected chi connectivity index (χ3v) is 2.23. The molecule has 0 amide bonds. The van der Waals surface area contributed by atoms with Gasteiger partial charge in [0.2, 0.25) is 0 Å². The molecular weight excluding hydrogens is 224 g/mol. The largest absolute Gasteiger partial charge is 0.478 e. The first-order valence-electron chi connectivity index (χ1n) is 5.01. The Labute approximate surface area is 96.5 Å². The predicted molar refractivity (Wildman–Crippen MR) is 58.1 cm³/mol. The van der Waals surface area contributed by atoms with Crippen molar-refractivity contribution in [1.82, 2.24) is 9.38 Å². The van der Waals surface area contributed by atoms with Crippen LogP contribution in [0.15, 0.2) is 24.5 Å². The molecule has 0 aliphatic carbocycles. The van der Waals surface area contributed by atoms with Crippen LogP contribution in [-0.4, -0.2) is 33.0 Å². The summed E-state index contributed by atoms with van der Waals surface area (Å²) < 4.78 is 6.26. The smallest absolute Gasteiger partial charge is 0.355 e. The number of carboxylic acid groups (broad SMARTS) is 1. The monoisotopic (exact) mass is 234 g/mol. The van der Waals surface area contributed by atoms with Crippen molar-refractivity contribution < 1.29 is 19.4 Å². The van der Waals surface area contributed by atoms with E-state index < -0.39 is 11.9 Å². The number of rotatable bonds is 3. The molecule has 0 atom stereocenters. The molecular formula is C11H10N2O4. The molecule has 2 aromatic heterocycles. The Kier molecular flexibility index (Phi) is 2.78. The lowest BCUT2D eigenvalue weighted by atomic mass is 10.3. The zero-order chi connectivity index (χ0) is 12.4. The van der Waals surface area contributed by atoms with Gasteiger partial charge in [0.15, 0.2) is 0 Å². The quantitative estimate of drug-likeness (QED) is 0.807. The van der Waals surface area contributed by atoms with E-state index in [4.69, 9.17) is 9.84 Å². The van der Waals surface area contributed by atoms with Crippen LogP contribution >= 0.6 is 0 Å². The number of carbonyl (C=O) groups excluding carboxylic acids is 1. The van der Waals surface area contributed by atoms with Crippen molar-refractivity contribution in [1.29, 1.82) is 0 Å². The van der Waals surface area contributed by atoms with E-state index >= 15 is 0 Å². The number of carbonyl (C=O) groups is 2. The van der Waals surface area contributed by atoms with Crippen LogP contribution in [0, 0.1) is 0 Å². The number of aromatic nitrogens is 2. The third-order valence-electron chi connectivity index (χ3n) is 2.23. The van der Waals surface area contributed by atoms with Crippen molar-refractivity contribution in [2.45, 2.75) is 6.92 Å². The maximum absolute atomic E-state index is 11.6. The molecule has 0 aromatic carbocycles. The van der Waals surface area contributed by atoms with Gasteiger partial charge in [-0.1, -0.05) is 0 Å². The van der Waals surface area contributed by atoms with E-state index in [1.807, 2.05) is 0 Å². The molecule has 0 aliphatic heterocycles. The molecule has 2 heterocycles. The van der Waals surface area contributed by atoms with Gasteiger partial charge in [-0.15, -0.1) is 0 Å². The van der Waals surface area contributed by atoms with Gasteiger partial charge in [-0.3, -0.25) is 4.40 Å². The molecule has 88 valence electrons. The van der Waals surface area contributed by atoms with Crippen molar-refractivity contribution in [3.63, 3.8) is 0 Å². The molecule has 0 unspecified atom stereocenters. The van der Waals surface area contributed by atoms with Crippen LogP contribution in [0.5, 0.6) is 0 Å². The van der Waals surface area contributed by atoms with E-state index in [0.717, 1.165) is 0 Å². The topological polar surface area (TPSA) is 80.9 Å². The third kappa shape index (κ3) is 1.96. The first kappa shape index (κ1) is 11.1. The first-order valence-corrected chi connectivity index (χ1v) is 5.01. The molecule has 0 spiro atoms. The van der Waals surface area contributed by atoms with Crippen molar-refractivity contribution in [2.24, 2.45) is 0 Å². The molecule has 0 bridgehead atoms. The summed E-state index contributed by atoms with van der Waals surface area (Å²) in [7, 11) is 0. The Bertz CT molecular complexity index is 588. The molecule has 0 radical (unpaired) electrons. The Morgan fingerprint density at radius 3 is 2.88 bits per heavy atom. The Hall–Kier alpha value is -2.37. The van der Waals surface area contributed by atoms with Crippen LogP contribution < -0.4 is 0 Å². The normalized spacial score (nSPS) is 10.4. The summed E-state index contributed by atoms with van der Waals surface area (Å²) in [5, 5.41) is 8.85. The lowest BCUT2D eigenvalue weighted by molar-refractivity contribution is 0.0517. The van der Waals surface area contributed by atoms with Gasteiger partial charge in [-0.2, -0.15) is 0 Å². The highest BCUT2D eigenvalue weighted by molar-refractivity contribution is 5.90. The van der Waals surface area contributed by atoms with E-state index in [1.165, 1.54) is 16.8 Å². The molecule has 2 rings (SSSR count). The molecule has 0 aliphatic rings. The van der Waals surface area contributed by atoms with Crippen molar-refractivity contribution >= 4 is 17.6 Å². The number of fused-ring (bicyclic) bond motifs is 1. The van der Waals surface area contributed by atoms with Gasteiger partial charge in [0.25, 0.3) is 0 Å². The van der Waals surface area contributed by atoms with Gasteiger partial charge in [0.05, 0.1) is 12.2 Å². The van der Waals surface area contributed by atoms with Crippen LogP contribution in [-0.2, 0) is 4.74 Å². The van der Waals surface area contributed by atoms with Crippen LogP contribution in [0.3, 0.4) is 0 Å². The summed E-state index contributed by atoms with van der Waals surface area (Å²) in [4.78, 5) is 26.3. The lowest BCUT2D eigenvalue weighted by Crippen LogP contribution is -2.09. The standard InChI is InChI=1S/C11H10N2O4/c1-2-17-11(16)8-3-4-9-12-5-7(10(14)15)6-13(8)9/h3-6H,2H2,1H3,(H,14,15). The van der Waals surface area contributed by atoms with Gasteiger partial charge in [-0.25, -0.2) is 14.6 Å². The van der Waals surface area contributed by atoms with Gasteiger partial charge >= 0.3 is 11.9 Å². The summed E-state index contributed by atoms with van der Waals surface area (Å²) in [6.45, 7) is 1.97. The molecule has 6 heteroatoms.